The van der Waals surface area contributed by atoms with Gasteiger partial charge in [0.15, 0.2) is 5.78 Å². The number of ether oxygens (including phenoxy) is 1. The van der Waals surface area contributed by atoms with Gasteiger partial charge in [0.25, 0.3) is 0 Å². The Bertz CT molecular complexity index is 926. The predicted molar refractivity (Wildman–Crippen MR) is 109 cm³/mol. The second-order valence-electron chi connectivity index (χ2n) is 8.36. The normalized spacial score (nSPS) is 20.7. The highest BCUT2D eigenvalue weighted by Gasteiger charge is 2.38. The lowest BCUT2D eigenvalue weighted by Crippen LogP contribution is -2.31. The molecule has 2 aliphatic rings. The third-order valence-electron chi connectivity index (χ3n) is 5.42. The van der Waals surface area contributed by atoms with Crippen LogP contribution in [0.5, 0.6) is 5.75 Å². The van der Waals surface area contributed by atoms with Crippen LogP contribution in [0.3, 0.4) is 0 Å². The summed E-state index contributed by atoms with van der Waals surface area (Å²) in [5, 5.41) is 7.20. The lowest BCUT2D eigenvalue weighted by Gasteiger charge is -2.34. The molecular formula is C23H26N2O2. The van der Waals surface area contributed by atoms with Gasteiger partial charge in [0, 0.05) is 17.7 Å². The molecule has 0 spiro atoms. The monoisotopic (exact) mass is 362 g/mol. The highest BCUT2D eigenvalue weighted by Crippen LogP contribution is 2.45. The van der Waals surface area contributed by atoms with E-state index in [1.54, 1.807) is 7.11 Å². The first kappa shape index (κ1) is 17.7. The molecule has 4 nitrogen and oxygen atoms in total. The second-order valence-corrected chi connectivity index (χ2v) is 8.36. The molecule has 0 radical (unpaired) electrons. The number of carbonyl (C=O) groups excluding carboxylic acids is 1. The van der Waals surface area contributed by atoms with Crippen molar-refractivity contribution in [3.63, 3.8) is 0 Å². The number of carbonyl (C=O) groups is 1. The molecule has 4 rings (SSSR count). The Kier molecular flexibility index (Phi) is 4.22. The topological polar surface area (TPSA) is 50.4 Å². The number of fused-ring (bicyclic) bond motifs is 1. The molecule has 0 fully saturated rings. The fourth-order valence-electron chi connectivity index (χ4n) is 4.10. The summed E-state index contributed by atoms with van der Waals surface area (Å²) >= 11 is 0. The van der Waals surface area contributed by atoms with E-state index in [-0.39, 0.29) is 17.2 Å². The van der Waals surface area contributed by atoms with Crippen LogP contribution in [-0.2, 0) is 4.79 Å². The van der Waals surface area contributed by atoms with Crippen LogP contribution in [0.4, 0.5) is 11.4 Å². The minimum Gasteiger partial charge on any atom is -0.497 e. The number of anilines is 2. The first-order valence-electron chi connectivity index (χ1n) is 9.41. The summed E-state index contributed by atoms with van der Waals surface area (Å²) in [4.78, 5) is 13.2. The van der Waals surface area contributed by atoms with Crippen LogP contribution < -0.4 is 15.4 Å². The van der Waals surface area contributed by atoms with Crippen molar-refractivity contribution in [2.45, 2.75) is 39.7 Å². The van der Waals surface area contributed by atoms with Crippen molar-refractivity contribution in [1.29, 1.82) is 0 Å². The molecule has 0 bridgehead atoms. The van der Waals surface area contributed by atoms with Crippen LogP contribution in [0.25, 0.3) is 0 Å². The summed E-state index contributed by atoms with van der Waals surface area (Å²) in [6, 6.07) is 14.1. The molecule has 27 heavy (non-hydrogen) atoms. The molecule has 1 unspecified atom stereocenters. The molecule has 4 heteroatoms. The Balaban J connectivity index is 1.86. The van der Waals surface area contributed by atoms with E-state index in [4.69, 9.17) is 4.74 Å². The van der Waals surface area contributed by atoms with Gasteiger partial charge in [-0.25, -0.2) is 0 Å². The third kappa shape index (κ3) is 3.32. The van der Waals surface area contributed by atoms with E-state index in [2.05, 4.69) is 49.6 Å². The molecule has 1 heterocycles. The maximum Gasteiger partial charge on any atom is 0.163 e. The Hall–Kier alpha value is -2.75. The highest BCUT2D eigenvalue weighted by molar-refractivity contribution is 6.01. The Morgan fingerprint density at radius 1 is 1.04 bits per heavy atom. The summed E-state index contributed by atoms with van der Waals surface area (Å²) in [5.74, 6) is 1.03. The molecule has 2 aromatic carbocycles. The van der Waals surface area contributed by atoms with Crippen molar-refractivity contribution < 1.29 is 9.53 Å². The Labute approximate surface area is 160 Å². The van der Waals surface area contributed by atoms with E-state index >= 15 is 0 Å². The first-order chi connectivity index (χ1) is 12.9. The van der Waals surface area contributed by atoms with Gasteiger partial charge in [-0.15, -0.1) is 0 Å². The summed E-state index contributed by atoms with van der Waals surface area (Å²) in [6.45, 7) is 6.40. The smallest absolute Gasteiger partial charge is 0.163 e. The number of Topliss-reactive ketones (excluding diaryl/α,β-unsaturated/α-hetero) is 1. The number of methoxy groups -OCH3 is 1. The van der Waals surface area contributed by atoms with E-state index in [0.717, 1.165) is 40.4 Å². The van der Waals surface area contributed by atoms with Gasteiger partial charge >= 0.3 is 0 Å². The molecule has 1 aliphatic heterocycles. The summed E-state index contributed by atoms with van der Waals surface area (Å²) in [6.07, 6.45) is 1.42. The van der Waals surface area contributed by atoms with E-state index in [9.17, 15) is 4.79 Å². The van der Waals surface area contributed by atoms with Crippen LogP contribution in [-0.4, -0.2) is 12.9 Å². The largest absolute Gasteiger partial charge is 0.497 e. The molecule has 0 saturated carbocycles. The van der Waals surface area contributed by atoms with Gasteiger partial charge in [-0.05, 0) is 54.2 Å². The van der Waals surface area contributed by atoms with E-state index in [0.29, 0.717) is 6.42 Å². The molecule has 0 saturated heterocycles. The highest BCUT2D eigenvalue weighted by atomic mass is 16.5. The van der Waals surface area contributed by atoms with E-state index in [1.165, 1.54) is 5.56 Å². The number of ketones is 1. The van der Waals surface area contributed by atoms with Crippen molar-refractivity contribution in [1.82, 2.24) is 0 Å². The van der Waals surface area contributed by atoms with Gasteiger partial charge in [0.05, 0.1) is 24.5 Å². The standard InChI is InChI=1S/C23H26N2O2/c1-14-5-10-17-18(11-14)25-22(15-6-8-16(27-4)9-7-15)21-19(24-17)12-23(2,3)13-20(21)26/h5-11,22,24-25H,12-13H2,1-4H3. The SMILES string of the molecule is COc1ccc(C2Nc3cc(C)ccc3NC3=C2C(=O)CC(C)(C)C3)cc1. The molecule has 0 amide bonds. The molecule has 2 aromatic rings. The Morgan fingerprint density at radius 3 is 2.48 bits per heavy atom. The number of hydrogen-bond acceptors (Lipinski definition) is 4. The molecular weight excluding hydrogens is 336 g/mol. The number of allylic oxidation sites excluding steroid dienone is 1. The zero-order chi connectivity index (χ0) is 19.2. The fraction of sp³-hybridized carbons (Fsp3) is 0.348. The minimum atomic E-state index is -0.176. The van der Waals surface area contributed by atoms with Gasteiger partial charge in [-0.2, -0.15) is 0 Å². The fourth-order valence-corrected chi connectivity index (χ4v) is 4.10. The number of aryl methyl sites for hydroxylation is 1. The quantitative estimate of drug-likeness (QED) is 0.768. The second kappa shape index (κ2) is 6.45. The zero-order valence-electron chi connectivity index (χ0n) is 16.3. The van der Waals surface area contributed by atoms with E-state index in [1.807, 2.05) is 24.3 Å². The van der Waals surface area contributed by atoms with Crippen molar-refractivity contribution >= 4 is 17.2 Å². The van der Waals surface area contributed by atoms with Gasteiger partial charge in [-0.1, -0.05) is 32.0 Å². The maximum atomic E-state index is 13.2. The van der Waals surface area contributed by atoms with Crippen molar-refractivity contribution in [3.8, 4) is 5.75 Å². The first-order valence-corrected chi connectivity index (χ1v) is 9.41. The van der Waals surface area contributed by atoms with Crippen LogP contribution in [0.15, 0.2) is 53.7 Å². The van der Waals surface area contributed by atoms with Gasteiger partial charge < -0.3 is 15.4 Å². The number of hydrogen-bond donors (Lipinski definition) is 2. The lowest BCUT2D eigenvalue weighted by molar-refractivity contribution is -0.118. The molecule has 2 N–H and O–H groups in total. The molecule has 1 aliphatic carbocycles. The van der Waals surface area contributed by atoms with Gasteiger partial charge in [-0.3, -0.25) is 4.79 Å². The summed E-state index contributed by atoms with van der Waals surface area (Å²) < 4.78 is 5.30. The number of nitrogens with one attached hydrogen (secondary N) is 2. The maximum absolute atomic E-state index is 13.2. The minimum absolute atomic E-state index is 0.0391. The van der Waals surface area contributed by atoms with Gasteiger partial charge in [0.2, 0.25) is 0 Å². The lowest BCUT2D eigenvalue weighted by atomic mass is 9.73. The van der Waals surface area contributed by atoms with Crippen molar-refractivity contribution in [2.75, 3.05) is 17.7 Å². The molecule has 140 valence electrons. The van der Waals surface area contributed by atoms with Crippen LogP contribution in [0, 0.1) is 12.3 Å². The molecule has 0 aromatic heterocycles. The van der Waals surface area contributed by atoms with Crippen LogP contribution in [0.1, 0.15) is 43.9 Å². The average molecular weight is 362 g/mol. The third-order valence-corrected chi connectivity index (χ3v) is 5.42. The van der Waals surface area contributed by atoms with Gasteiger partial charge in [0.1, 0.15) is 5.75 Å². The van der Waals surface area contributed by atoms with Crippen LogP contribution >= 0.6 is 0 Å². The number of rotatable bonds is 2. The number of benzene rings is 2. The van der Waals surface area contributed by atoms with Crippen LogP contribution in [0.2, 0.25) is 0 Å². The Morgan fingerprint density at radius 2 is 1.78 bits per heavy atom. The summed E-state index contributed by atoms with van der Waals surface area (Å²) in [7, 11) is 1.66. The zero-order valence-corrected chi connectivity index (χ0v) is 16.3. The van der Waals surface area contributed by atoms with Crippen molar-refractivity contribution in [2.24, 2.45) is 5.41 Å². The summed E-state index contributed by atoms with van der Waals surface area (Å²) in [5.41, 5.74) is 6.14. The van der Waals surface area contributed by atoms with Crippen molar-refractivity contribution in [3.05, 3.63) is 64.9 Å². The van der Waals surface area contributed by atoms with E-state index < -0.39 is 0 Å². The predicted octanol–water partition coefficient (Wildman–Crippen LogP) is 5.23. The molecule has 1 atom stereocenters. The average Bonchev–Trinajstić information content (AvgIpc) is 2.77.